The zero-order chi connectivity index (χ0) is 11.3. The Balaban J connectivity index is 2.16. The molecule has 86 valence electrons. The first kappa shape index (κ1) is 12.3. The van der Waals surface area contributed by atoms with E-state index in [1.807, 2.05) is 6.92 Å². The Morgan fingerprint density at radius 1 is 1.60 bits per heavy atom. The van der Waals surface area contributed by atoms with Crippen LogP contribution in [0.5, 0.6) is 0 Å². The van der Waals surface area contributed by atoms with Crippen molar-refractivity contribution in [1.82, 2.24) is 10.6 Å². The summed E-state index contributed by atoms with van der Waals surface area (Å²) in [5.74, 6) is 0.429. The standard InChI is InChI=1S/C9H16N2O3S/c1-6-11-7(5-15-6)9(13)10-4-3-8(12)14-2/h6-7,11H,3-5H2,1-2H3,(H,10,13)/t6-,7+/m1/s1. The molecule has 0 aromatic heterocycles. The fraction of sp³-hybridized carbons (Fsp3) is 0.778. The second kappa shape index (κ2) is 5.97. The van der Waals surface area contributed by atoms with Crippen molar-refractivity contribution in [2.45, 2.75) is 24.8 Å². The molecule has 2 atom stereocenters. The molecule has 1 amide bonds. The highest BCUT2D eigenvalue weighted by Gasteiger charge is 2.26. The molecule has 0 unspecified atom stereocenters. The first-order chi connectivity index (χ1) is 7.13. The average Bonchev–Trinajstić information content (AvgIpc) is 2.64. The van der Waals surface area contributed by atoms with Crippen molar-refractivity contribution in [3.05, 3.63) is 0 Å². The van der Waals surface area contributed by atoms with E-state index >= 15 is 0 Å². The number of carbonyl (C=O) groups excluding carboxylic acids is 2. The number of amides is 1. The van der Waals surface area contributed by atoms with Crippen molar-refractivity contribution in [1.29, 1.82) is 0 Å². The second-order valence-electron chi connectivity index (χ2n) is 3.31. The van der Waals surface area contributed by atoms with Crippen LogP contribution in [0.3, 0.4) is 0 Å². The second-order valence-corrected chi connectivity index (χ2v) is 4.69. The fourth-order valence-electron chi connectivity index (χ4n) is 1.28. The van der Waals surface area contributed by atoms with Crippen LogP contribution < -0.4 is 10.6 Å². The molecule has 1 rings (SSSR count). The molecular weight excluding hydrogens is 216 g/mol. The molecular formula is C9H16N2O3S. The van der Waals surface area contributed by atoms with Gasteiger partial charge < -0.3 is 10.1 Å². The molecule has 0 aromatic rings. The van der Waals surface area contributed by atoms with Gasteiger partial charge in [-0.05, 0) is 6.92 Å². The lowest BCUT2D eigenvalue weighted by molar-refractivity contribution is -0.140. The SMILES string of the molecule is COC(=O)CCNC(=O)[C@@H]1CS[C@H](C)N1. The Hall–Kier alpha value is -0.750. The first-order valence-corrected chi connectivity index (χ1v) is 5.90. The maximum absolute atomic E-state index is 11.5. The number of hydrogen-bond donors (Lipinski definition) is 2. The van der Waals surface area contributed by atoms with E-state index in [2.05, 4.69) is 15.4 Å². The van der Waals surface area contributed by atoms with Crippen molar-refractivity contribution in [3.8, 4) is 0 Å². The molecule has 0 spiro atoms. The Kier molecular flexibility index (Phi) is 4.90. The smallest absolute Gasteiger partial charge is 0.307 e. The molecule has 1 aliphatic rings. The van der Waals surface area contributed by atoms with Crippen molar-refractivity contribution < 1.29 is 14.3 Å². The van der Waals surface area contributed by atoms with Crippen LogP contribution in [0.2, 0.25) is 0 Å². The van der Waals surface area contributed by atoms with Crippen molar-refractivity contribution in [2.24, 2.45) is 0 Å². The largest absolute Gasteiger partial charge is 0.469 e. The molecule has 1 fully saturated rings. The van der Waals surface area contributed by atoms with E-state index < -0.39 is 0 Å². The Bertz CT molecular complexity index is 248. The lowest BCUT2D eigenvalue weighted by atomic mass is 10.3. The minimum Gasteiger partial charge on any atom is -0.469 e. The van der Waals surface area contributed by atoms with Gasteiger partial charge in [0.25, 0.3) is 0 Å². The molecule has 5 nitrogen and oxygen atoms in total. The van der Waals surface area contributed by atoms with Crippen LogP contribution in [0.15, 0.2) is 0 Å². The van der Waals surface area contributed by atoms with Gasteiger partial charge in [0.05, 0.1) is 24.9 Å². The highest BCUT2D eigenvalue weighted by Crippen LogP contribution is 2.17. The lowest BCUT2D eigenvalue weighted by Gasteiger charge is -2.10. The van der Waals surface area contributed by atoms with Crippen LogP contribution >= 0.6 is 11.8 Å². The number of ether oxygens (including phenoxy) is 1. The van der Waals surface area contributed by atoms with Crippen molar-refractivity contribution in [2.75, 3.05) is 19.4 Å². The number of nitrogens with one attached hydrogen (secondary N) is 2. The van der Waals surface area contributed by atoms with E-state index in [-0.39, 0.29) is 24.3 Å². The lowest BCUT2D eigenvalue weighted by Crippen LogP contribution is -2.44. The molecule has 1 aliphatic heterocycles. The summed E-state index contributed by atoms with van der Waals surface area (Å²) < 4.78 is 4.46. The van der Waals surface area contributed by atoms with E-state index in [9.17, 15) is 9.59 Å². The van der Waals surface area contributed by atoms with Gasteiger partial charge >= 0.3 is 5.97 Å². The maximum atomic E-state index is 11.5. The predicted molar refractivity (Wildman–Crippen MR) is 58.5 cm³/mol. The minimum atomic E-state index is -0.308. The van der Waals surface area contributed by atoms with Crippen LogP contribution in [-0.4, -0.2) is 42.7 Å². The molecule has 0 aliphatic carbocycles. The fourth-order valence-corrected chi connectivity index (χ4v) is 2.27. The van der Waals surface area contributed by atoms with Gasteiger partial charge in [-0.15, -0.1) is 11.8 Å². The van der Waals surface area contributed by atoms with Gasteiger partial charge in [0.2, 0.25) is 5.91 Å². The van der Waals surface area contributed by atoms with E-state index in [0.29, 0.717) is 11.9 Å². The number of rotatable bonds is 4. The Morgan fingerprint density at radius 3 is 2.87 bits per heavy atom. The summed E-state index contributed by atoms with van der Waals surface area (Å²) in [6, 6.07) is -0.136. The number of carbonyl (C=O) groups is 2. The van der Waals surface area contributed by atoms with Crippen LogP contribution in [0.25, 0.3) is 0 Å². The van der Waals surface area contributed by atoms with Gasteiger partial charge in [-0.2, -0.15) is 0 Å². The van der Waals surface area contributed by atoms with Gasteiger partial charge in [0, 0.05) is 12.3 Å². The zero-order valence-electron chi connectivity index (χ0n) is 8.91. The number of methoxy groups -OCH3 is 1. The van der Waals surface area contributed by atoms with Crippen LogP contribution in [0, 0.1) is 0 Å². The monoisotopic (exact) mass is 232 g/mol. The third-order valence-corrected chi connectivity index (χ3v) is 3.28. The molecule has 0 aromatic carbocycles. The summed E-state index contributed by atoms with van der Waals surface area (Å²) in [6.07, 6.45) is 0.220. The summed E-state index contributed by atoms with van der Waals surface area (Å²) in [6.45, 7) is 2.36. The summed E-state index contributed by atoms with van der Waals surface area (Å²) in [5, 5.41) is 6.16. The number of thioether (sulfide) groups is 1. The molecule has 0 saturated carbocycles. The van der Waals surface area contributed by atoms with E-state index in [0.717, 1.165) is 5.75 Å². The van der Waals surface area contributed by atoms with Crippen molar-refractivity contribution in [3.63, 3.8) is 0 Å². The zero-order valence-corrected chi connectivity index (χ0v) is 9.73. The van der Waals surface area contributed by atoms with E-state index in [1.54, 1.807) is 11.8 Å². The molecule has 0 radical (unpaired) electrons. The molecule has 2 N–H and O–H groups in total. The Labute approximate surface area is 93.3 Å². The highest BCUT2D eigenvalue weighted by atomic mass is 32.2. The van der Waals surface area contributed by atoms with Gasteiger partial charge in [0.1, 0.15) is 0 Å². The Morgan fingerprint density at radius 2 is 2.33 bits per heavy atom. The molecule has 6 heteroatoms. The summed E-state index contributed by atoms with van der Waals surface area (Å²) in [7, 11) is 1.33. The normalized spacial score (nSPS) is 24.9. The number of hydrogen-bond acceptors (Lipinski definition) is 5. The third-order valence-electron chi connectivity index (χ3n) is 2.12. The van der Waals surface area contributed by atoms with E-state index in [4.69, 9.17) is 0 Å². The summed E-state index contributed by atoms with van der Waals surface area (Å²) >= 11 is 1.71. The van der Waals surface area contributed by atoms with Gasteiger partial charge in [-0.3, -0.25) is 14.9 Å². The van der Waals surface area contributed by atoms with Gasteiger partial charge in [-0.25, -0.2) is 0 Å². The first-order valence-electron chi connectivity index (χ1n) is 4.85. The topological polar surface area (TPSA) is 67.4 Å². The molecule has 0 bridgehead atoms. The highest BCUT2D eigenvalue weighted by molar-refractivity contribution is 8.00. The van der Waals surface area contributed by atoms with Crippen LogP contribution in [0.1, 0.15) is 13.3 Å². The van der Waals surface area contributed by atoms with Crippen LogP contribution in [-0.2, 0) is 14.3 Å². The van der Waals surface area contributed by atoms with Crippen molar-refractivity contribution >= 4 is 23.6 Å². The van der Waals surface area contributed by atoms with Gasteiger partial charge in [0.15, 0.2) is 0 Å². The molecule has 1 saturated heterocycles. The summed E-state index contributed by atoms with van der Waals surface area (Å²) in [4.78, 5) is 22.3. The number of esters is 1. The van der Waals surface area contributed by atoms with Crippen LogP contribution in [0.4, 0.5) is 0 Å². The maximum Gasteiger partial charge on any atom is 0.307 e. The predicted octanol–water partition coefficient (Wildman–Crippen LogP) is -0.283. The quantitative estimate of drug-likeness (QED) is 0.652. The van der Waals surface area contributed by atoms with E-state index in [1.165, 1.54) is 7.11 Å². The van der Waals surface area contributed by atoms with Gasteiger partial charge in [-0.1, -0.05) is 0 Å². The third kappa shape index (κ3) is 4.09. The molecule has 1 heterocycles. The minimum absolute atomic E-state index is 0.0456. The average molecular weight is 232 g/mol. The summed E-state index contributed by atoms with van der Waals surface area (Å²) in [5.41, 5.74) is 0. The molecule has 15 heavy (non-hydrogen) atoms.